The first-order valence-corrected chi connectivity index (χ1v) is 6.69. The SMILES string of the molecule is NCc1cc2c(cc1OCCn1ccccc1=O)OCO2. The molecule has 1 aromatic heterocycles. The van der Waals surface area contributed by atoms with Crippen molar-refractivity contribution in [2.75, 3.05) is 13.4 Å². The molecule has 0 fully saturated rings. The fraction of sp³-hybridized carbons (Fsp3) is 0.267. The molecule has 0 aliphatic carbocycles. The minimum atomic E-state index is -0.0502. The average molecular weight is 288 g/mol. The van der Waals surface area contributed by atoms with Crippen molar-refractivity contribution in [3.05, 3.63) is 52.4 Å². The van der Waals surface area contributed by atoms with Gasteiger partial charge in [0, 0.05) is 30.4 Å². The molecular formula is C15H16N2O4. The average Bonchev–Trinajstić information content (AvgIpc) is 2.95. The van der Waals surface area contributed by atoms with Crippen molar-refractivity contribution in [3.63, 3.8) is 0 Å². The number of ether oxygens (including phenoxy) is 3. The van der Waals surface area contributed by atoms with E-state index in [1.54, 1.807) is 22.9 Å². The molecule has 0 saturated heterocycles. The quantitative estimate of drug-likeness (QED) is 0.892. The summed E-state index contributed by atoms with van der Waals surface area (Å²) in [4.78, 5) is 11.6. The number of benzene rings is 1. The molecule has 2 aromatic rings. The maximum atomic E-state index is 11.6. The van der Waals surface area contributed by atoms with E-state index < -0.39 is 0 Å². The number of aromatic nitrogens is 1. The fourth-order valence-corrected chi connectivity index (χ4v) is 2.16. The van der Waals surface area contributed by atoms with E-state index in [-0.39, 0.29) is 12.4 Å². The number of pyridine rings is 1. The van der Waals surface area contributed by atoms with Crippen LogP contribution in [0.4, 0.5) is 0 Å². The minimum absolute atomic E-state index is 0.0502. The molecular weight excluding hydrogens is 272 g/mol. The van der Waals surface area contributed by atoms with Crippen LogP contribution in [0.5, 0.6) is 17.2 Å². The lowest BCUT2D eigenvalue weighted by atomic mass is 10.2. The highest BCUT2D eigenvalue weighted by Gasteiger charge is 2.17. The van der Waals surface area contributed by atoms with Crippen molar-refractivity contribution in [1.29, 1.82) is 0 Å². The molecule has 110 valence electrons. The zero-order valence-corrected chi connectivity index (χ0v) is 11.5. The lowest BCUT2D eigenvalue weighted by Crippen LogP contribution is -2.21. The van der Waals surface area contributed by atoms with Crippen molar-refractivity contribution in [3.8, 4) is 17.2 Å². The van der Waals surface area contributed by atoms with Crippen LogP contribution in [0.15, 0.2) is 41.3 Å². The number of fused-ring (bicyclic) bond motifs is 1. The van der Waals surface area contributed by atoms with Crippen molar-refractivity contribution >= 4 is 0 Å². The van der Waals surface area contributed by atoms with Crippen molar-refractivity contribution < 1.29 is 14.2 Å². The largest absolute Gasteiger partial charge is 0.491 e. The van der Waals surface area contributed by atoms with Gasteiger partial charge < -0.3 is 24.5 Å². The highest BCUT2D eigenvalue weighted by Crippen LogP contribution is 2.37. The van der Waals surface area contributed by atoms with E-state index in [1.165, 1.54) is 6.07 Å². The molecule has 0 bridgehead atoms. The third kappa shape index (κ3) is 2.85. The molecule has 0 radical (unpaired) electrons. The first-order chi connectivity index (χ1) is 10.3. The van der Waals surface area contributed by atoms with Gasteiger partial charge in [-0.1, -0.05) is 6.07 Å². The van der Waals surface area contributed by atoms with Crippen LogP contribution in [0, 0.1) is 0 Å². The fourth-order valence-electron chi connectivity index (χ4n) is 2.16. The highest BCUT2D eigenvalue weighted by atomic mass is 16.7. The molecule has 0 saturated carbocycles. The molecule has 1 aromatic carbocycles. The molecule has 21 heavy (non-hydrogen) atoms. The maximum Gasteiger partial charge on any atom is 0.250 e. The second-order valence-electron chi connectivity index (χ2n) is 4.60. The second-order valence-corrected chi connectivity index (χ2v) is 4.60. The van der Waals surface area contributed by atoms with Crippen LogP contribution in [0.25, 0.3) is 0 Å². The van der Waals surface area contributed by atoms with Crippen LogP contribution < -0.4 is 25.5 Å². The summed E-state index contributed by atoms with van der Waals surface area (Å²) in [6, 6.07) is 8.65. The van der Waals surface area contributed by atoms with Crippen molar-refractivity contribution in [1.82, 2.24) is 4.57 Å². The van der Waals surface area contributed by atoms with E-state index in [4.69, 9.17) is 19.9 Å². The summed E-state index contributed by atoms with van der Waals surface area (Å²) in [5.41, 5.74) is 6.52. The molecule has 2 N–H and O–H groups in total. The van der Waals surface area contributed by atoms with E-state index in [1.807, 2.05) is 12.1 Å². The first kappa shape index (κ1) is 13.5. The summed E-state index contributed by atoms with van der Waals surface area (Å²) in [7, 11) is 0. The number of nitrogens with two attached hydrogens (primary N) is 1. The highest BCUT2D eigenvalue weighted by molar-refractivity contribution is 5.51. The van der Waals surface area contributed by atoms with Gasteiger partial charge in [0.2, 0.25) is 6.79 Å². The van der Waals surface area contributed by atoms with Crippen molar-refractivity contribution in [2.45, 2.75) is 13.1 Å². The lowest BCUT2D eigenvalue weighted by molar-refractivity contribution is 0.173. The van der Waals surface area contributed by atoms with Gasteiger partial charge in [0.15, 0.2) is 11.5 Å². The van der Waals surface area contributed by atoms with Gasteiger partial charge in [-0.3, -0.25) is 4.79 Å². The summed E-state index contributed by atoms with van der Waals surface area (Å²) >= 11 is 0. The standard InChI is InChI=1S/C15H16N2O4/c16-9-11-7-13-14(21-10-20-13)8-12(11)19-6-5-17-4-2-1-3-15(17)18/h1-4,7-8H,5-6,9-10,16H2. The molecule has 1 aliphatic heterocycles. The van der Waals surface area contributed by atoms with Gasteiger partial charge in [-0.25, -0.2) is 0 Å². The van der Waals surface area contributed by atoms with Crippen LogP contribution in [-0.2, 0) is 13.1 Å². The Hall–Kier alpha value is -2.47. The van der Waals surface area contributed by atoms with Gasteiger partial charge in [-0.2, -0.15) is 0 Å². The van der Waals surface area contributed by atoms with E-state index in [2.05, 4.69) is 0 Å². The van der Waals surface area contributed by atoms with Gasteiger partial charge in [0.05, 0.1) is 6.54 Å². The first-order valence-electron chi connectivity index (χ1n) is 6.69. The van der Waals surface area contributed by atoms with Gasteiger partial charge in [0.25, 0.3) is 5.56 Å². The second kappa shape index (κ2) is 5.88. The summed E-state index contributed by atoms with van der Waals surface area (Å²) in [5.74, 6) is 1.99. The molecule has 0 atom stereocenters. The van der Waals surface area contributed by atoms with Gasteiger partial charge in [-0.15, -0.1) is 0 Å². The zero-order valence-electron chi connectivity index (χ0n) is 11.5. The number of rotatable bonds is 5. The summed E-state index contributed by atoms with van der Waals surface area (Å²) in [6.07, 6.45) is 1.73. The topological polar surface area (TPSA) is 75.7 Å². The number of hydrogen-bond acceptors (Lipinski definition) is 5. The molecule has 3 rings (SSSR count). The van der Waals surface area contributed by atoms with Crippen LogP contribution in [-0.4, -0.2) is 18.0 Å². The van der Waals surface area contributed by atoms with Crippen LogP contribution in [0.2, 0.25) is 0 Å². The predicted octanol–water partition coefficient (Wildman–Crippen LogP) is 1.11. The molecule has 0 spiro atoms. The Morgan fingerprint density at radius 2 is 2.05 bits per heavy atom. The Morgan fingerprint density at radius 3 is 2.81 bits per heavy atom. The number of hydrogen-bond donors (Lipinski definition) is 1. The predicted molar refractivity (Wildman–Crippen MR) is 76.7 cm³/mol. The Kier molecular flexibility index (Phi) is 3.79. The Bertz CT molecular complexity index is 696. The summed E-state index contributed by atoms with van der Waals surface area (Å²) < 4.78 is 18.0. The zero-order chi connectivity index (χ0) is 14.7. The van der Waals surface area contributed by atoms with Crippen LogP contribution >= 0.6 is 0 Å². The normalized spacial score (nSPS) is 12.4. The maximum absolute atomic E-state index is 11.6. The molecule has 6 nitrogen and oxygen atoms in total. The molecule has 0 unspecified atom stereocenters. The van der Waals surface area contributed by atoms with E-state index >= 15 is 0 Å². The van der Waals surface area contributed by atoms with Gasteiger partial charge in [0.1, 0.15) is 12.4 Å². The van der Waals surface area contributed by atoms with Gasteiger partial charge >= 0.3 is 0 Å². The van der Waals surface area contributed by atoms with E-state index in [0.717, 1.165) is 5.56 Å². The Balaban J connectivity index is 1.70. The number of nitrogens with zero attached hydrogens (tertiary/aromatic N) is 1. The Labute approximate surface area is 121 Å². The minimum Gasteiger partial charge on any atom is -0.491 e. The molecule has 1 aliphatic rings. The third-order valence-electron chi connectivity index (χ3n) is 3.26. The van der Waals surface area contributed by atoms with Crippen LogP contribution in [0.1, 0.15) is 5.56 Å². The summed E-state index contributed by atoms with van der Waals surface area (Å²) in [6.45, 7) is 1.40. The van der Waals surface area contributed by atoms with E-state index in [9.17, 15) is 4.79 Å². The smallest absolute Gasteiger partial charge is 0.250 e. The Morgan fingerprint density at radius 1 is 1.24 bits per heavy atom. The molecule has 2 heterocycles. The molecule has 6 heteroatoms. The summed E-state index contributed by atoms with van der Waals surface area (Å²) in [5, 5.41) is 0. The third-order valence-corrected chi connectivity index (χ3v) is 3.26. The van der Waals surface area contributed by atoms with Crippen molar-refractivity contribution in [2.24, 2.45) is 5.73 Å². The van der Waals surface area contributed by atoms with Crippen LogP contribution in [0.3, 0.4) is 0 Å². The monoisotopic (exact) mass is 288 g/mol. The van der Waals surface area contributed by atoms with Gasteiger partial charge in [-0.05, 0) is 12.1 Å². The lowest BCUT2D eigenvalue weighted by Gasteiger charge is -2.12. The van der Waals surface area contributed by atoms with E-state index in [0.29, 0.717) is 36.9 Å². The molecule has 0 amide bonds.